The van der Waals surface area contributed by atoms with Crippen LogP contribution in [0.15, 0.2) is 12.1 Å². The first-order chi connectivity index (χ1) is 7.59. The minimum atomic E-state index is -0.0642. The predicted octanol–water partition coefficient (Wildman–Crippen LogP) is 4.31. The molecule has 1 atom stereocenters. The molecule has 0 bridgehead atoms. The van der Waals surface area contributed by atoms with Gasteiger partial charge < -0.3 is 10.8 Å². The molecular formula is C12H16Cl3NO. The summed E-state index contributed by atoms with van der Waals surface area (Å²) in [5.41, 5.74) is 7.11. The van der Waals surface area contributed by atoms with Crippen molar-refractivity contribution in [1.82, 2.24) is 0 Å². The summed E-state index contributed by atoms with van der Waals surface area (Å²) in [5.74, 6) is 0.447. The molecule has 3 N–H and O–H groups in total. The molecule has 0 aromatic heterocycles. The van der Waals surface area contributed by atoms with Crippen molar-refractivity contribution in [1.29, 1.82) is 0 Å². The highest BCUT2D eigenvalue weighted by atomic mass is 35.5. The van der Waals surface area contributed by atoms with E-state index in [9.17, 15) is 5.11 Å². The van der Waals surface area contributed by atoms with Crippen molar-refractivity contribution in [3.8, 4) is 5.75 Å². The summed E-state index contributed by atoms with van der Waals surface area (Å²) in [7, 11) is 0. The largest absolute Gasteiger partial charge is 0.505 e. The molecule has 17 heavy (non-hydrogen) atoms. The molecule has 1 aliphatic rings. The van der Waals surface area contributed by atoms with Crippen LogP contribution in [0.3, 0.4) is 0 Å². The van der Waals surface area contributed by atoms with Gasteiger partial charge in [0.15, 0.2) is 5.75 Å². The van der Waals surface area contributed by atoms with E-state index in [1.54, 1.807) is 12.1 Å². The molecule has 0 aliphatic heterocycles. The first-order valence-corrected chi connectivity index (χ1v) is 6.28. The predicted molar refractivity (Wildman–Crippen MR) is 74.3 cm³/mol. The summed E-state index contributed by atoms with van der Waals surface area (Å²) >= 11 is 11.8. The molecule has 0 radical (unpaired) electrons. The molecule has 0 saturated heterocycles. The first kappa shape index (κ1) is 14.9. The third-order valence-electron chi connectivity index (χ3n) is 3.33. The Kier molecular flexibility index (Phi) is 5.39. The molecule has 1 aliphatic carbocycles. The van der Waals surface area contributed by atoms with Crippen LogP contribution < -0.4 is 5.73 Å². The molecule has 1 aromatic rings. The third-order valence-corrected chi connectivity index (χ3v) is 3.91. The van der Waals surface area contributed by atoms with Crippen molar-refractivity contribution in [3.05, 3.63) is 27.7 Å². The zero-order valence-electron chi connectivity index (χ0n) is 9.33. The molecule has 2 rings (SSSR count). The normalized spacial score (nSPS) is 17.8. The van der Waals surface area contributed by atoms with Crippen LogP contribution in [0.1, 0.15) is 37.3 Å². The van der Waals surface area contributed by atoms with Gasteiger partial charge in [-0.15, -0.1) is 12.4 Å². The zero-order chi connectivity index (χ0) is 11.7. The minimum absolute atomic E-state index is 0. The molecule has 0 spiro atoms. The summed E-state index contributed by atoms with van der Waals surface area (Å²) in [4.78, 5) is 0. The molecule has 2 nitrogen and oxygen atoms in total. The molecule has 1 fully saturated rings. The summed E-state index contributed by atoms with van der Waals surface area (Å²) < 4.78 is 0. The first-order valence-electron chi connectivity index (χ1n) is 5.53. The van der Waals surface area contributed by atoms with Gasteiger partial charge in [0.25, 0.3) is 0 Å². The highest BCUT2D eigenvalue weighted by Gasteiger charge is 2.24. The van der Waals surface area contributed by atoms with Gasteiger partial charge in [0, 0.05) is 6.04 Å². The number of phenolic OH excluding ortho intramolecular Hbond substituents is 1. The lowest BCUT2D eigenvalue weighted by Gasteiger charge is -2.20. The van der Waals surface area contributed by atoms with E-state index < -0.39 is 0 Å². The van der Waals surface area contributed by atoms with Gasteiger partial charge >= 0.3 is 0 Å². The van der Waals surface area contributed by atoms with Crippen molar-refractivity contribution < 1.29 is 5.11 Å². The van der Waals surface area contributed by atoms with Gasteiger partial charge in [-0.25, -0.2) is 0 Å². The number of nitrogens with two attached hydrogens (primary N) is 1. The fourth-order valence-electron chi connectivity index (χ4n) is 2.37. The average molecular weight is 297 g/mol. The van der Waals surface area contributed by atoms with Crippen molar-refractivity contribution in [2.24, 2.45) is 11.7 Å². The highest BCUT2D eigenvalue weighted by Crippen LogP contribution is 2.39. The molecule has 5 heteroatoms. The second-order valence-electron chi connectivity index (χ2n) is 4.40. The smallest absolute Gasteiger partial charge is 0.152 e. The Bertz CT molecular complexity index is 368. The molecule has 96 valence electrons. The number of phenols is 1. The van der Waals surface area contributed by atoms with E-state index in [0.717, 1.165) is 18.4 Å². The summed E-state index contributed by atoms with van der Waals surface area (Å²) in [5, 5.41) is 10.0. The van der Waals surface area contributed by atoms with Crippen LogP contribution in [0.5, 0.6) is 5.75 Å². The van der Waals surface area contributed by atoms with Gasteiger partial charge in [-0.05, 0) is 36.5 Å². The maximum atomic E-state index is 9.47. The Labute approximate surface area is 118 Å². The zero-order valence-corrected chi connectivity index (χ0v) is 11.7. The Morgan fingerprint density at radius 2 is 1.65 bits per heavy atom. The van der Waals surface area contributed by atoms with E-state index in [1.165, 1.54) is 12.8 Å². The molecule has 1 aromatic carbocycles. The lowest BCUT2D eigenvalue weighted by atomic mass is 9.92. The van der Waals surface area contributed by atoms with Crippen molar-refractivity contribution in [2.45, 2.75) is 31.7 Å². The number of hydrogen-bond acceptors (Lipinski definition) is 2. The number of aromatic hydroxyl groups is 1. The monoisotopic (exact) mass is 295 g/mol. The van der Waals surface area contributed by atoms with Crippen LogP contribution in [-0.2, 0) is 0 Å². The lowest BCUT2D eigenvalue weighted by Crippen LogP contribution is -2.19. The number of rotatable bonds is 2. The van der Waals surface area contributed by atoms with Crippen LogP contribution >= 0.6 is 35.6 Å². The number of halogens is 3. The quantitative estimate of drug-likeness (QED) is 0.854. The van der Waals surface area contributed by atoms with Crippen LogP contribution in [0.2, 0.25) is 10.0 Å². The van der Waals surface area contributed by atoms with E-state index in [0.29, 0.717) is 5.92 Å². The maximum absolute atomic E-state index is 9.47. The Balaban J connectivity index is 0.00000144. The second-order valence-corrected chi connectivity index (χ2v) is 5.22. The Morgan fingerprint density at radius 3 is 2.12 bits per heavy atom. The van der Waals surface area contributed by atoms with Gasteiger partial charge in [0.1, 0.15) is 0 Å². The maximum Gasteiger partial charge on any atom is 0.152 e. The van der Waals surface area contributed by atoms with Crippen molar-refractivity contribution in [3.63, 3.8) is 0 Å². The molecule has 0 amide bonds. The second kappa shape index (κ2) is 6.14. The molecular weight excluding hydrogens is 280 g/mol. The van der Waals surface area contributed by atoms with Crippen LogP contribution in [0, 0.1) is 5.92 Å². The van der Waals surface area contributed by atoms with E-state index in [2.05, 4.69) is 0 Å². The van der Waals surface area contributed by atoms with Crippen LogP contribution in [-0.4, -0.2) is 5.11 Å². The van der Waals surface area contributed by atoms with Gasteiger partial charge in [-0.1, -0.05) is 36.0 Å². The van der Waals surface area contributed by atoms with E-state index in [1.807, 2.05) is 0 Å². The van der Waals surface area contributed by atoms with Crippen LogP contribution in [0.25, 0.3) is 0 Å². The van der Waals surface area contributed by atoms with Crippen molar-refractivity contribution in [2.75, 3.05) is 0 Å². The summed E-state index contributed by atoms with van der Waals surface area (Å²) in [6.45, 7) is 0. The molecule has 0 heterocycles. The topological polar surface area (TPSA) is 46.2 Å². The van der Waals surface area contributed by atoms with Gasteiger partial charge in [0.05, 0.1) is 10.0 Å². The highest BCUT2D eigenvalue weighted by molar-refractivity contribution is 6.37. The molecule has 0 unspecified atom stereocenters. The minimum Gasteiger partial charge on any atom is -0.505 e. The number of benzene rings is 1. The Hall–Kier alpha value is -0.150. The van der Waals surface area contributed by atoms with E-state index >= 15 is 0 Å². The van der Waals surface area contributed by atoms with Gasteiger partial charge in [0.2, 0.25) is 0 Å². The fourth-order valence-corrected chi connectivity index (χ4v) is 2.87. The lowest BCUT2D eigenvalue weighted by molar-refractivity contribution is 0.443. The summed E-state index contributed by atoms with van der Waals surface area (Å²) in [6, 6.07) is 3.40. The van der Waals surface area contributed by atoms with Crippen LogP contribution in [0.4, 0.5) is 0 Å². The molecule has 1 saturated carbocycles. The Morgan fingerprint density at radius 1 is 1.18 bits per heavy atom. The average Bonchev–Trinajstić information content (AvgIpc) is 2.77. The van der Waals surface area contributed by atoms with E-state index in [4.69, 9.17) is 28.9 Å². The number of hydrogen-bond donors (Lipinski definition) is 2. The van der Waals surface area contributed by atoms with Crippen molar-refractivity contribution >= 4 is 35.6 Å². The standard InChI is InChI=1S/C12H15Cl2NO.ClH/c13-9-5-8(6-10(14)12(9)16)11(15)7-3-1-2-4-7;/h5-7,11,16H,1-4,15H2;1H/t11-;/m1./s1. The SMILES string of the molecule is Cl.N[C@@H](c1cc(Cl)c(O)c(Cl)c1)C1CCCC1. The fraction of sp³-hybridized carbons (Fsp3) is 0.500. The van der Waals surface area contributed by atoms with Gasteiger partial charge in [-0.2, -0.15) is 0 Å². The third kappa shape index (κ3) is 3.19. The van der Waals surface area contributed by atoms with Gasteiger partial charge in [-0.3, -0.25) is 0 Å². The van der Waals surface area contributed by atoms with E-state index in [-0.39, 0.29) is 34.2 Å². The summed E-state index contributed by atoms with van der Waals surface area (Å²) in [6.07, 6.45) is 4.82.